The average Bonchev–Trinajstić information content (AvgIpc) is 2.75. The van der Waals surface area contributed by atoms with Gasteiger partial charge in [-0.3, -0.25) is 4.57 Å². The molecule has 1 fully saturated rings. The van der Waals surface area contributed by atoms with Gasteiger partial charge >= 0.3 is 12.9 Å². The van der Waals surface area contributed by atoms with Crippen molar-refractivity contribution in [3.05, 3.63) is 28.5 Å². The number of oxazole rings is 1. The third kappa shape index (κ3) is 1.95. The molecule has 1 aromatic heterocycles. The van der Waals surface area contributed by atoms with Crippen LogP contribution in [0.25, 0.3) is 11.1 Å². The zero-order valence-electron chi connectivity index (χ0n) is 12.7. The highest BCUT2D eigenvalue weighted by atomic mass is 19.1. The van der Waals surface area contributed by atoms with Crippen LogP contribution in [-0.4, -0.2) is 22.9 Å². The summed E-state index contributed by atoms with van der Waals surface area (Å²) in [5.74, 6) is -1.16. The SMILES string of the molecule is Cn1c(=O)oc2ccc(B3OC(C)(C)C(C)(C)O3)c(F)c21. The van der Waals surface area contributed by atoms with Gasteiger partial charge in [0.1, 0.15) is 5.52 Å². The molecule has 2 aromatic rings. The summed E-state index contributed by atoms with van der Waals surface area (Å²) in [5.41, 5.74) is -0.520. The van der Waals surface area contributed by atoms with Gasteiger partial charge in [-0.25, -0.2) is 9.18 Å². The summed E-state index contributed by atoms with van der Waals surface area (Å²) in [7, 11) is 0.648. The second kappa shape index (κ2) is 4.21. The first kappa shape index (κ1) is 14.3. The maximum Gasteiger partial charge on any atom is 0.497 e. The lowest BCUT2D eigenvalue weighted by Crippen LogP contribution is -2.41. The molecule has 2 heterocycles. The second-order valence-corrected chi connectivity index (χ2v) is 6.33. The standard InChI is InChI=1S/C14H17BFNO4/c1-13(2)14(3,4)21-15(20-13)8-6-7-9-11(10(8)16)17(5)12(18)19-9/h6-7H,1-5H3. The van der Waals surface area contributed by atoms with Gasteiger partial charge in [-0.05, 0) is 33.8 Å². The number of hydrogen-bond donors (Lipinski definition) is 0. The van der Waals surface area contributed by atoms with Crippen molar-refractivity contribution in [1.29, 1.82) is 0 Å². The topological polar surface area (TPSA) is 53.6 Å². The minimum absolute atomic E-state index is 0.118. The van der Waals surface area contributed by atoms with E-state index in [1.807, 2.05) is 27.7 Å². The Kier molecular flexibility index (Phi) is 2.87. The van der Waals surface area contributed by atoms with Crippen molar-refractivity contribution in [3.63, 3.8) is 0 Å². The molecule has 0 saturated carbocycles. The van der Waals surface area contributed by atoms with Crippen LogP contribution in [0.4, 0.5) is 4.39 Å². The summed E-state index contributed by atoms with van der Waals surface area (Å²) >= 11 is 0. The Balaban J connectivity index is 2.13. The summed E-state index contributed by atoms with van der Waals surface area (Å²) < 4.78 is 32.5. The number of aryl methyl sites for hydroxylation is 1. The first-order valence-corrected chi connectivity index (χ1v) is 6.77. The molecule has 0 spiro atoms. The zero-order chi connectivity index (χ0) is 15.6. The smallest absolute Gasteiger partial charge is 0.408 e. The highest BCUT2D eigenvalue weighted by Crippen LogP contribution is 2.36. The fourth-order valence-corrected chi connectivity index (χ4v) is 2.36. The number of halogens is 1. The van der Waals surface area contributed by atoms with Crippen LogP contribution in [0.2, 0.25) is 0 Å². The van der Waals surface area contributed by atoms with E-state index >= 15 is 0 Å². The molecule has 0 radical (unpaired) electrons. The molecule has 1 aromatic carbocycles. The van der Waals surface area contributed by atoms with Crippen molar-refractivity contribution in [2.24, 2.45) is 7.05 Å². The lowest BCUT2D eigenvalue weighted by atomic mass is 9.78. The maximum atomic E-state index is 14.7. The Hall–Kier alpha value is -1.60. The van der Waals surface area contributed by atoms with Gasteiger partial charge in [0.15, 0.2) is 11.4 Å². The van der Waals surface area contributed by atoms with Crippen molar-refractivity contribution in [2.75, 3.05) is 0 Å². The third-order valence-corrected chi connectivity index (χ3v) is 4.42. The lowest BCUT2D eigenvalue weighted by Gasteiger charge is -2.32. The number of rotatable bonds is 1. The van der Waals surface area contributed by atoms with E-state index in [-0.39, 0.29) is 16.6 Å². The molecule has 21 heavy (non-hydrogen) atoms. The van der Waals surface area contributed by atoms with E-state index < -0.39 is 29.9 Å². The van der Waals surface area contributed by atoms with Crippen LogP contribution in [0.1, 0.15) is 27.7 Å². The van der Waals surface area contributed by atoms with Gasteiger partial charge in [0, 0.05) is 12.5 Å². The van der Waals surface area contributed by atoms with Crippen molar-refractivity contribution < 1.29 is 18.1 Å². The zero-order valence-corrected chi connectivity index (χ0v) is 12.7. The van der Waals surface area contributed by atoms with E-state index in [0.29, 0.717) is 0 Å². The van der Waals surface area contributed by atoms with Crippen molar-refractivity contribution in [2.45, 2.75) is 38.9 Å². The van der Waals surface area contributed by atoms with Gasteiger partial charge in [-0.2, -0.15) is 0 Å². The maximum absolute atomic E-state index is 14.7. The van der Waals surface area contributed by atoms with Crippen LogP contribution >= 0.6 is 0 Å². The number of hydrogen-bond acceptors (Lipinski definition) is 4. The number of nitrogens with zero attached hydrogens (tertiary/aromatic N) is 1. The van der Waals surface area contributed by atoms with E-state index in [0.717, 1.165) is 4.57 Å². The number of fused-ring (bicyclic) bond motifs is 1. The predicted octanol–water partition coefficient (Wildman–Crippen LogP) is 1.57. The Morgan fingerprint density at radius 2 is 1.71 bits per heavy atom. The normalized spacial score (nSPS) is 20.4. The molecular weight excluding hydrogens is 276 g/mol. The van der Waals surface area contributed by atoms with Gasteiger partial charge in [-0.1, -0.05) is 6.07 Å². The third-order valence-electron chi connectivity index (χ3n) is 4.42. The van der Waals surface area contributed by atoms with Crippen molar-refractivity contribution in [1.82, 2.24) is 4.57 Å². The molecule has 112 valence electrons. The Bertz CT molecular complexity index is 761. The summed E-state index contributed by atoms with van der Waals surface area (Å²) in [4.78, 5) is 11.5. The fourth-order valence-electron chi connectivity index (χ4n) is 2.36. The number of aromatic nitrogens is 1. The van der Waals surface area contributed by atoms with Crippen LogP contribution in [-0.2, 0) is 16.4 Å². The molecule has 1 aliphatic heterocycles. The molecule has 3 rings (SSSR count). The van der Waals surface area contributed by atoms with Crippen molar-refractivity contribution in [3.8, 4) is 0 Å². The van der Waals surface area contributed by atoms with Gasteiger partial charge in [0.05, 0.1) is 11.2 Å². The fraction of sp³-hybridized carbons (Fsp3) is 0.500. The van der Waals surface area contributed by atoms with Gasteiger partial charge in [0.2, 0.25) is 0 Å². The molecule has 1 saturated heterocycles. The highest BCUT2D eigenvalue weighted by Gasteiger charge is 2.52. The van der Waals surface area contributed by atoms with Crippen LogP contribution in [0, 0.1) is 5.82 Å². The molecule has 0 bridgehead atoms. The van der Waals surface area contributed by atoms with E-state index in [1.54, 1.807) is 6.07 Å². The molecule has 1 aliphatic rings. The van der Waals surface area contributed by atoms with E-state index in [2.05, 4.69) is 0 Å². The summed E-state index contributed by atoms with van der Waals surface area (Å²) in [5, 5.41) is 0. The summed E-state index contributed by atoms with van der Waals surface area (Å²) in [6.45, 7) is 7.60. The quantitative estimate of drug-likeness (QED) is 0.749. The van der Waals surface area contributed by atoms with E-state index in [9.17, 15) is 9.18 Å². The van der Waals surface area contributed by atoms with Crippen LogP contribution in [0.15, 0.2) is 21.3 Å². The molecular formula is C14H17BFNO4. The second-order valence-electron chi connectivity index (χ2n) is 6.33. The largest absolute Gasteiger partial charge is 0.497 e. The van der Waals surface area contributed by atoms with E-state index in [1.165, 1.54) is 13.1 Å². The van der Waals surface area contributed by atoms with Crippen LogP contribution < -0.4 is 11.2 Å². The molecule has 7 heteroatoms. The highest BCUT2D eigenvalue weighted by molar-refractivity contribution is 6.62. The molecule has 5 nitrogen and oxygen atoms in total. The lowest BCUT2D eigenvalue weighted by molar-refractivity contribution is 0.00578. The van der Waals surface area contributed by atoms with Gasteiger partial charge < -0.3 is 13.7 Å². The van der Waals surface area contributed by atoms with E-state index in [4.69, 9.17) is 13.7 Å². The first-order valence-electron chi connectivity index (χ1n) is 6.77. The van der Waals surface area contributed by atoms with Crippen LogP contribution in [0.5, 0.6) is 0 Å². The first-order chi connectivity index (χ1) is 9.64. The molecule has 0 atom stereocenters. The summed E-state index contributed by atoms with van der Waals surface area (Å²) in [6.07, 6.45) is 0. The monoisotopic (exact) mass is 293 g/mol. The Morgan fingerprint density at radius 3 is 2.29 bits per heavy atom. The molecule has 0 aliphatic carbocycles. The predicted molar refractivity (Wildman–Crippen MR) is 77.1 cm³/mol. The Labute approximate surface area is 121 Å². The van der Waals surface area contributed by atoms with Gasteiger partial charge in [0.25, 0.3) is 0 Å². The minimum atomic E-state index is -0.815. The molecule has 0 N–H and O–H groups in total. The number of benzene rings is 1. The average molecular weight is 293 g/mol. The van der Waals surface area contributed by atoms with Gasteiger partial charge in [-0.15, -0.1) is 0 Å². The minimum Gasteiger partial charge on any atom is -0.408 e. The summed E-state index contributed by atoms with van der Waals surface area (Å²) in [6, 6.07) is 3.09. The molecule has 0 unspecified atom stereocenters. The van der Waals surface area contributed by atoms with Crippen molar-refractivity contribution >= 4 is 23.7 Å². The Morgan fingerprint density at radius 1 is 1.14 bits per heavy atom. The molecule has 0 amide bonds. The van der Waals surface area contributed by atoms with Crippen LogP contribution in [0.3, 0.4) is 0 Å².